The first-order valence-electron chi connectivity index (χ1n) is 13.6. The van der Waals surface area contributed by atoms with Crippen molar-refractivity contribution in [2.45, 2.75) is 57.2 Å². The predicted molar refractivity (Wildman–Crippen MR) is 143 cm³/mol. The normalized spacial score (nSPS) is 29.2. The molecule has 0 fully saturated rings. The Morgan fingerprint density at radius 2 is 1.85 bits per heavy atom. The third-order valence-corrected chi connectivity index (χ3v) is 8.95. The average Bonchev–Trinajstić information content (AvgIpc) is 2.92. The monoisotopic (exact) mass is 572 g/mol. The highest BCUT2D eigenvalue weighted by molar-refractivity contribution is 6.25. The van der Waals surface area contributed by atoms with Gasteiger partial charge in [0.1, 0.15) is 22.9 Å². The number of carbonyl (C=O) groups excluding carboxylic acids is 4. The predicted octanol–water partition coefficient (Wildman–Crippen LogP) is 0.513. The average molecular weight is 573 g/mol. The van der Waals surface area contributed by atoms with Crippen LogP contribution >= 0.6 is 0 Å². The van der Waals surface area contributed by atoms with Gasteiger partial charge < -0.3 is 36.8 Å². The van der Waals surface area contributed by atoms with Crippen LogP contribution in [0.25, 0.3) is 0 Å². The number of halogens is 1. The van der Waals surface area contributed by atoms with Crippen LogP contribution in [0.5, 0.6) is 5.75 Å². The second-order valence-electron chi connectivity index (χ2n) is 11.1. The quantitative estimate of drug-likeness (QED) is 0.186. The summed E-state index contributed by atoms with van der Waals surface area (Å²) in [6.45, 7) is 4.46. The molecule has 1 heterocycles. The zero-order valence-corrected chi connectivity index (χ0v) is 22.9. The zero-order chi connectivity index (χ0) is 30.1. The molecule has 0 radical (unpaired) electrons. The van der Waals surface area contributed by atoms with Crippen molar-refractivity contribution in [1.29, 1.82) is 0 Å². The number of fused-ring (bicyclic) bond motifs is 4. The van der Waals surface area contributed by atoms with E-state index in [9.17, 15) is 39.6 Å². The second kappa shape index (κ2) is 9.93. The highest BCUT2D eigenvalue weighted by Crippen LogP contribution is 2.53. The number of carbonyl (C=O) groups is 4. The maximum atomic E-state index is 16.1. The molecule has 5 rings (SSSR count). The number of allylic oxidation sites excluding steroid dienone is 1. The number of benzene rings is 1. The summed E-state index contributed by atoms with van der Waals surface area (Å²) in [6, 6.07) is -1.88. The van der Waals surface area contributed by atoms with Crippen molar-refractivity contribution in [3.63, 3.8) is 0 Å². The number of anilines is 1. The summed E-state index contributed by atoms with van der Waals surface area (Å²) in [7, 11) is 1.58. The summed E-state index contributed by atoms with van der Waals surface area (Å²) in [4.78, 5) is 53.6. The van der Waals surface area contributed by atoms with Gasteiger partial charge >= 0.3 is 0 Å². The van der Waals surface area contributed by atoms with Gasteiger partial charge in [-0.3, -0.25) is 24.1 Å². The standard InChI is InChI=1S/C28H33FN4O8/c1-4-6-31-14-9-12-18(29)11-7-10-8-13-20(33(3)5-2)23(36)17(26(30)39)25(38)28(13,41)24(37)15(10)21(34)16(11)22(35)19(12)32-27(14)40/h10,13-14,20,31,35-37,41H,4-9H2,1-3H3,(H2,30,39)(H,32,40)/t10-,13-,14?,20-,28-/m0/s1. The maximum absolute atomic E-state index is 16.1. The van der Waals surface area contributed by atoms with Crippen molar-refractivity contribution in [2.24, 2.45) is 17.6 Å². The minimum Gasteiger partial charge on any atom is -0.510 e. The van der Waals surface area contributed by atoms with Crippen molar-refractivity contribution in [3.05, 3.63) is 45.2 Å². The maximum Gasteiger partial charge on any atom is 0.255 e. The van der Waals surface area contributed by atoms with Crippen LogP contribution in [0.1, 0.15) is 48.2 Å². The fourth-order valence-corrected chi connectivity index (χ4v) is 6.82. The molecule has 1 aliphatic heterocycles. The van der Waals surface area contributed by atoms with Gasteiger partial charge in [0.05, 0.1) is 23.3 Å². The number of amides is 2. The number of rotatable bonds is 6. The molecule has 5 atom stereocenters. The van der Waals surface area contributed by atoms with E-state index in [0.717, 1.165) is 6.42 Å². The molecule has 1 unspecified atom stereocenters. The Balaban J connectivity index is 1.67. The van der Waals surface area contributed by atoms with Crippen LogP contribution in [-0.2, 0) is 27.2 Å². The molecule has 220 valence electrons. The highest BCUT2D eigenvalue weighted by Gasteiger charge is 2.63. The molecule has 0 saturated heterocycles. The lowest BCUT2D eigenvalue weighted by molar-refractivity contribution is -0.148. The van der Waals surface area contributed by atoms with E-state index in [2.05, 4.69) is 10.6 Å². The van der Waals surface area contributed by atoms with Gasteiger partial charge in [0.15, 0.2) is 17.1 Å². The van der Waals surface area contributed by atoms with Gasteiger partial charge in [-0.1, -0.05) is 13.8 Å². The fourth-order valence-electron chi connectivity index (χ4n) is 6.82. The van der Waals surface area contributed by atoms with Crippen molar-refractivity contribution < 1.29 is 44.0 Å². The molecular formula is C28H33FN4O8. The van der Waals surface area contributed by atoms with Crippen molar-refractivity contribution in [3.8, 4) is 5.75 Å². The lowest BCUT2D eigenvalue weighted by Gasteiger charge is -2.50. The summed E-state index contributed by atoms with van der Waals surface area (Å²) < 4.78 is 16.1. The Labute approximate surface area is 234 Å². The van der Waals surface area contributed by atoms with Crippen molar-refractivity contribution in [1.82, 2.24) is 10.2 Å². The largest absolute Gasteiger partial charge is 0.510 e. The topological polar surface area (TPSA) is 203 Å². The number of nitrogens with two attached hydrogens (primary N) is 1. The molecule has 12 nitrogen and oxygen atoms in total. The van der Waals surface area contributed by atoms with Gasteiger partial charge in [0, 0.05) is 29.0 Å². The Morgan fingerprint density at radius 3 is 2.46 bits per heavy atom. The van der Waals surface area contributed by atoms with E-state index in [-0.39, 0.29) is 36.1 Å². The summed E-state index contributed by atoms with van der Waals surface area (Å²) in [5, 5.41) is 50.7. The van der Waals surface area contributed by atoms with E-state index in [0.29, 0.717) is 13.1 Å². The van der Waals surface area contributed by atoms with Crippen LogP contribution < -0.4 is 16.4 Å². The van der Waals surface area contributed by atoms with Gasteiger partial charge in [0.2, 0.25) is 11.7 Å². The van der Waals surface area contributed by atoms with E-state index < -0.39 is 92.7 Å². The number of hydrogen-bond acceptors (Lipinski definition) is 10. The molecule has 13 heteroatoms. The van der Waals surface area contributed by atoms with E-state index in [1.54, 1.807) is 18.9 Å². The number of nitrogens with one attached hydrogen (secondary N) is 2. The number of nitrogens with zero attached hydrogens (tertiary/aromatic N) is 1. The first-order chi connectivity index (χ1) is 19.3. The first kappa shape index (κ1) is 28.7. The summed E-state index contributed by atoms with van der Waals surface area (Å²) in [5.74, 6) is -9.46. The van der Waals surface area contributed by atoms with E-state index in [4.69, 9.17) is 5.73 Å². The number of phenols is 1. The Kier molecular flexibility index (Phi) is 6.95. The number of hydrogen-bond donors (Lipinski definition) is 7. The lowest BCUT2D eigenvalue weighted by Crippen LogP contribution is -2.64. The number of likely N-dealkylation sites (N-methyl/N-ethyl adjacent to an activating group) is 1. The number of phenolic OH excluding ortho intramolecular Hbond substituents is 1. The number of Topliss-reactive ketones (excluding diaryl/α,β-unsaturated/α-hetero) is 2. The molecule has 2 amide bonds. The minimum atomic E-state index is -2.79. The number of aromatic hydroxyl groups is 1. The van der Waals surface area contributed by atoms with Gasteiger partial charge in [-0.05, 0) is 45.3 Å². The number of ketones is 2. The molecule has 4 aliphatic rings. The lowest BCUT2D eigenvalue weighted by atomic mass is 9.58. The molecule has 0 aromatic heterocycles. The molecule has 0 bridgehead atoms. The Hall–Kier alpha value is -3.81. The third kappa shape index (κ3) is 3.90. The second-order valence-corrected chi connectivity index (χ2v) is 11.1. The smallest absolute Gasteiger partial charge is 0.255 e. The minimum absolute atomic E-state index is 0.0364. The molecular weight excluding hydrogens is 539 g/mol. The Bertz CT molecular complexity index is 1470. The SMILES string of the molecule is CCCNC1Cc2c(F)c3c(c(O)c2NC1=O)C(=O)C1=C(O)[C@]2(O)C(=O)C(C(N)=O)=C(O)[C@@H](N(C)CC)[C@@H]2C[C@@H]1C3. The van der Waals surface area contributed by atoms with Crippen LogP contribution in [0.15, 0.2) is 22.7 Å². The molecule has 1 aromatic carbocycles. The number of aliphatic hydroxyl groups is 3. The van der Waals surface area contributed by atoms with Crippen LogP contribution in [-0.4, -0.2) is 86.5 Å². The van der Waals surface area contributed by atoms with Crippen LogP contribution in [0.3, 0.4) is 0 Å². The first-order valence-corrected chi connectivity index (χ1v) is 13.6. The summed E-state index contributed by atoms with van der Waals surface area (Å²) in [5.41, 5.74) is 0.467. The molecule has 1 aromatic rings. The van der Waals surface area contributed by atoms with Crippen LogP contribution in [0, 0.1) is 17.7 Å². The van der Waals surface area contributed by atoms with Crippen LogP contribution in [0.2, 0.25) is 0 Å². The van der Waals surface area contributed by atoms with Gasteiger partial charge in [-0.25, -0.2) is 4.39 Å². The molecule has 0 spiro atoms. The molecule has 8 N–H and O–H groups in total. The highest BCUT2D eigenvalue weighted by atomic mass is 19.1. The van der Waals surface area contributed by atoms with E-state index in [1.165, 1.54) is 0 Å². The van der Waals surface area contributed by atoms with Gasteiger partial charge in [-0.15, -0.1) is 0 Å². The molecule has 3 aliphatic carbocycles. The van der Waals surface area contributed by atoms with Crippen molar-refractivity contribution >= 4 is 29.1 Å². The summed E-state index contributed by atoms with van der Waals surface area (Å²) >= 11 is 0. The molecule has 0 saturated carbocycles. The van der Waals surface area contributed by atoms with Gasteiger partial charge in [0.25, 0.3) is 5.91 Å². The number of primary amides is 1. The number of aliphatic hydroxyl groups excluding tert-OH is 2. The van der Waals surface area contributed by atoms with Gasteiger partial charge in [-0.2, -0.15) is 0 Å². The fraction of sp³-hybridized carbons (Fsp3) is 0.500. The molecule has 41 heavy (non-hydrogen) atoms. The third-order valence-electron chi connectivity index (χ3n) is 8.95. The zero-order valence-electron chi connectivity index (χ0n) is 22.9. The van der Waals surface area contributed by atoms with Crippen LogP contribution in [0.4, 0.5) is 10.1 Å². The van der Waals surface area contributed by atoms with E-state index >= 15 is 4.39 Å². The Morgan fingerprint density at radius 1 is 1.17 bits per heavy atom. The van der Waals surface area contributed by atoms with E-state index in [1.807, 2.05) is 6.92 Å². The summed E-state index contributed by atoms with van der Waals surface area (Å²) in [6.07, 6.45) is 0.353. The van der Waals surface area contributed by atoms with Crippen molar-refractivity contribution in [2.75, 3.05) is 25.5 Å².